The van der Waals surface area contributed by atoms with E-state index in [1.54, 1.807) is 31.2 Å². The quantitative estimate of drug-likeness (QED) is 0.160. The van der Waals surface area contributed by atoms with Crippen LogP contribution in [0.5, 0.6) is 5.75 Å². The smallest absolute Gasteiger partial charge is 0.333 e. The summed E-state index contributed by atoms with van der Waals surface area (Å²) in [6, 6.07) is 12.4. The van der Waals surface area contributed by atoms with Crippen molar-refractivity contribution in [2.75, 3.05) is 26.3 Å². The zero-order valence-electron chi connectivity index (χ0n) is 25.3. The zero-order chi connectivity index (χ0) is 33.7. The van der Waals surface area contributed by atoms with Crippen LogP contribution in [0.1, 0.15) is 63.5 Å². The number of benzene rings is 2. The van der Waals surface area contributed by atoms with Crippen molar-refractivity contribution in [3.8, 4) is 5.75 Å². The molecule has 0 bridgehead atoms. The van der Waals surface area contributed by atoms with Crippen LogP contribution in [0.4, 0.5) is 0 Å². The Morgan fingerprint density at radius 1 is 0.935 bits per heavy atom. The molecule has 0 saturated carbocycles. The number of rotatable bonds is 13. The average Bonchev–Trinajstić information content (AvgIpc) is 3.24. The van der Waals surface area contributed by atoms with Gasteiger partial charge in [0.1, 0.15) is 42.8 Å². The Labute approximate surface area is 263 Å². The van der Waals surface area contributed by atoms with Gasteiger partial charge >= 0.3 is 17.9 Å². The van der Waals surface area contributed by atoms with Crippen molar-refractivity contribution in [3.63, 3.8) is 0 Å². The molecule has 3 atom stereocenters. The van der Waals surface area contributed by atoms with Gasteiger partial charge in [-0.2, -0.15) is 0 Å². The lowest BCUT2D eigenvalue weighted by atomic mass is 9.97. The molecule has 240 valence electrons. The molecule has 46 heavy (non-hydrogen) atoms. The lowest BCUT2D eigenvalue weighted by Crippen LogP contribution is -2.43. The molecule has 3 unspecified atom stereocenters. The average molecular weight is 633 g/mol. The molecule has 1 aliphatic rings. The Morgan fingerprint density at radius 3 is 2.26 bits per heavy atom. The van der Waals surface area contributed by atoms with Gasteiger partial charge in [0.05, 0.1) is 18.6 Å². The van der Waals surface area contributed by atoms with Gasteiger partial charge in [0.2, 0.25) is 0 Å². The number of aromatic nitrogens is 1. The number of aliphatic carboxylic acids is 1. The van der Waals surface area contributed by atoms with Gasteiger partial charge in [0, 0.05) is 27.6 Å². The lowest BCUT2D eigenvalue weighted by Gasteiger charge is -2.28. The second-order valence-corrected chi connectivity index (χ2v) is 10.9. The molecule has 0 spiro atoms. The summed E-state index contributed by atoms with van der Waals surface area (Å²) in [6.07, 6.45) is -1.73. The van der Waals surface area contributed by atoms with Crippen LogP contribution in [0.15, 0.2) is 60.7 Å². The molecule has 13 heteroatoms. The monoisotopic (exact) mass is 632 g/mol. The topological polar surface area (TPSA) is 187 Å². The van der Waals surface area contributed by atoms with E-state index in [1.807, 2.05) is 0 Å². The molecule has 2 N–H and O–H groups in total. The largest absolute Gasteiger partial charge is 0.506 e. The van der Waals surface area contributed by atoms with Crippen molar-refractivity contribution in [3.05, 3.63) is 83.1 Å². The van der Waals surface area contributed by atoms with Crippen LogP contribution in [-0.4, -0.2) is 94.0 Å². The van der Waals surface area contributed by atoms with Gasteiger partial charge < -0.3 is 29.3 Å². The maximum Gasteiger partial charge on any atom is 0.333 e. The summed E-state index contributed by atoms with van der Waals surface area (Å²) in [5, 5.41) is 20.0. The third-order valence-corrected chi connectivity index (χ3v) is 7.00. The van der Waals surface area contributed by atoms with Gasteiger partial charge in [-0.3, -0.25) is 14.4 Å². The first-order valence-electron chi connectivity index (χ1n) is 14.2. The predicted molar refractivity (Wildman–Crippen MR) is 162 cm³/mol. The Balaban J connectivity index is 1.58. The number of pyridine rings is 1. The van der Waals surface area contributed by atoms with Crippen LogP contribution in [-0.2, 0) is 28.6 Å². The summed E-state index contributed by atoms with van der Waals surface area (Å²) in [5.41, 5.74) is 0.625. The van der Waals surface area contributed by atoms with E-state index in [-0.39, 0.29) is 46.8 Å². The number of aromatic hydroxyl groups is 1. The fraction of sp³-hybridized carbons (Fsp3) is 0.303. The van der Waals surface area contributed by atoms with Gasteiger partial charge in [0.15, 0.2) is 11.6 Å². The van der Waals surface area contributed by atoms with Gasteiger partial charge in [-0.1, -0.05) is 24.8 Å². The fourth-order valence-corrected chi connectivity index (χ4v) is 4.99. The van der Waals surface area contributed by atoms with Gasteiger partial charge in [-0.15, -0.1) is 0 Å². The molecule has 1 amide bonds. The highest BCUT2D eigenvalue weighted by molar-refractivity contribution is 6.30. The highest BCUT2D eigenvalue weighted by Gasteiger charge is 2.42. The third-order valence-electron chi connectivity index (χ3n) is 7.00. The number of hydrogen-bond acceptors (Lipinski definition) is 11. The van der Waals surface area contributed by atoms with E-state index in [1.165, 1.54) is 43.0 Å². The van der Waals surface area contributed by atoms with Crippen molar-refractivity contribution < 1.29 is 53.2 Å². The minimum atomic E-state index is -1.40. The molecular weight excluding hydrogens is 600 g/mol. The first-order valence-corrected chi connectivity index (χ1v) is 14.2. The van der Waals surface area contributed by atoms with E-state index in [4.69, 9.17) is 19.3 Å². The van der Waals surface area contributed by atoms with Crippen molar-refractivity contribution in [1.29, 1.82) is 0 Å². The number of para-hydroxylation sites is 1. The van der Waals surface area contributed by atoms with Gasteiger partial charge in [0.25, 0.3) is 5.91 Å². The lowest BCUT2D eigenvalue weighted by molar-refractivity contribution is -0.156. The number of esters is 2. The summed E-state index contributed by atoms with van der Waals surface area (Å²) in [7, 11) is 0. The minimum Gasteiger partial charge on any atom is -0.506 e. The predicted octanol–water partition coefficient (Wildman–Crippen LogP) is 3.09. The molecule has 0 aliphatic heterocycles. The number of carbonyl (C=O) groups is 6. The molecule has 1 aliphatic carbocycles. The van der Waals surface area contributed by atoms with Crippen molar-refractivity contribution in [1.82, 2.24) is 9.88 Å². The zero-order valence-corrected chi connectivity index (χ0v) is 25.3. The molecule has 0 saturated heterocycles. The number of amides is 1. The van der Waals surface area contributed by atoms with Crippen LogP contribution >= 0.6 is 0 Å². The number of ketones is 2. The Kier molecular flexibility index (Phi) is 10.3. The van der Waals surface area contributed by atoms with Gasteiger partial charge in [-0.25, -0.2) is 19.4 Å². The number of carboxylic acid groups (broad SMARTS) is 1. The van der Waals surface area contributed by atoms with E-state index >= 15 is 0 Å². The van der Waals surface area contributed by atoms with Crippen LogP contribution in [0.25, 0.3) is 10.9 Å². The first-order chi connectivity index (χ1) is 21.8. The number of fused-ring (bicyclic) bond motifs is 2. The number of carboxylic acids is 1. The van der Waals surface area contributed by atoms with E-state index in [2.05, 4.69) is 11.6 Å². The van der Waals surface area contributed by atoms with Crippen molar-refractivity contribution in [2.24, 2.45) is 0 Å². The number of nitrogens with zero attached hydrogens (tertiary/aromatic N) is 2. The fourth-order valence-electron chi connectivity index (χ4n) is 4.99. The molecule has 13 nitrogen and oxygen atoms in total. The van der Waals surface area contributed by atoms with E-state index in [0.29, 0.717) is 10.9 Å². The van der Waals surface area contributed by atoms with Crippen molar-refractivity contribution >= 4 is 46.3 Å². The normalized spacial score (nSPS) is 15.2. The second kappa shape index (κ2) is 14.1. The molecule has 2 aromatic carbocycles. The Bertz CT molecular complexity index is 1750. The van der Waals surface area contributed by atoms with E-state index < -0.39 is 66.7 Å². The third kappa shape index (κ3) is 7.61. The maximum atomic E-state index is 13.8. The summed E-state index contributed by atoms with van der Waals surface area (Å²) in [4.78, 5) is 81.2. The summed E-state index contributed by atoms with van der Waals surface area (Å²) >= 11 is 0. The molecule has 1 aromatic heterocycles. The number of Topliss-reactive ketones (excluding diaryl/α,β-unsaturated/α-hetero) is 2. The summed E-state index contributed by atoms with van der Waals surface area (Å²) in [6.45, 7) is 6.41. The Morgan fingerprint density at radius 2 is 1.59 bits per heavy atom. The first kappa shape index (κ1) is 33.5. The molecule has 1 heterocycles. The van der Waals surface area contributed by atoms with Crippen LogP contribution in [0.3, 0.4) is 0 Å². The molecular formula is C33H32N2O11. The summed E-state index contributed by atoms with van der Waals surface area (Å²) in [5.74, 6) is -6.33. The number of hydrogen-bond donors (Lipinski definition) is 2. The van der Waals surface area contributed by atoms with E-state index in [0.717, 1.165) is 0 Å². The van der Waals surface area contributed by atoms with Gasteiger partial charge in [-0.05, 0) is 51.1 Å². The van der Waals surface area contributed by atoms with Crippen LogP contribution in [0.2, 0.25) is 0 Å². The second-order valence-electron chi connectivity index (χ2n) is 10.9. The van der Waals surface area contributed by atoms with Crippen molar-refractivity contribution in [2.45, 2.75) is 38.9 Å². The minimum absolute atomic E-state index is 0.0213. The highest BCUT2D eigenvalue weighted by atomic mass is 16.6. The number of ether oxygens (including phenoxy) is 3. The van der Waals surface area contributed by atoms with Crippen LogP contribution < -0.4 is 0 Å². The molecule has 0 radical (unpaired) electrons. The standard InChI is InChI=1S/C33H32N2O11/c1-17(2)33(43)46-19(4)14-35(13-18(3)45-27(39)16-44-15-26(37)38)32(42)21-9-10-22-23(11-21)31(41)28(30(22)40)29-25(36)12-20-7-5-6-8-24(20)34-29/h5-12,18-19,28,36H,1,13-16H2,2-4H3,(H,37,38). The molecule has 3 aromatic rings. The summed E-state index contributed by atoms with van der Waals surface area (Å²) < 4.78 is 15.3. The SMILES string of the molecule is C=C(C)C(=O)OC(C)CN(CC(C)OC(=O)COCC(=O)O)C(=O)c1ccc2c(c1)C(=O)C(c1nc3ccccc3cc1O)C2=O. The van der Waals surface area contributed by atoms with Crippen LogP contribution in [0, 0.1) is 0 Å². The molecule has 0 fully saturated rings. The maximum absolute atomic E-state index is 13.8. The number of carbonyl (C=O) groups excluding carboxylic acids is 5. The molecule has 4 rings (SSSR count). The van der Waals surface area contributed by atoms with E-state index in [9.17, 15) is 33.9 Å². The Hall–Kier alpha value is -5.43. The highest BCUT2D eigenvalue weighted by Crippen LogP contribution is 2.38.